The number of hydrogen-bond donors (Lipinski definition) is 4. The molecule has 9 heteroatoms. The first kappa shape index (κ1) is 20.1. The molecule has 5 N–H and O–H groups in total. The van der Waals surface area contributed by atoms with E-state index in [1.54, 1.807) is 0 Å². The van der Waals surface area contributed by atoms with Crippen LogP contribution in [-0.4, -0.2) is 51.6 Å². The monoisotopic (exact) mass is 338 g/mol. The van der Waals surface area contributed by atoms with Gasteiger partial charge in [-0.25, -0.2) is 4.79 Å². The molecule has 0 heterocycles. The molecule has 0 aromatic carbocycles. The van der Waals surface area contributed by atoms with Gasteiger partial charge in [0.05, 0.1) is 0 Å². The number of carboxylic acid groups (broad SMARTS) is 2. The molecule has 0 bridgehead atoms. The maximum atomic E-state index is 11.6. The lowest BCUT2D eigenvalue weighted by Gasteiger charge is -2.14. The lowest BCUT2D eigenvalue weighted by molar-refractivity contribution is -0.141. The Hall–Kier alpha value is -0.930. The number of hydrogen-bond acceptors (Lipinski definition) is 6. The predicted molar refractivity (Wildman–Crippen MR) is 84.2 cm³/mol. The smallest absolute Gasteiger partial charge is 0.327 e. The molecule has 0 aromatic heterocycles. The van der Waals surface area contributed by atoms with Crippen LogP contribution in [0, 0.1) is 0 Å². The van der Waals surface area contributed by atoms with Gasteiger partial charge in [-0.3, -0.25) is 9.59 Å². The van der Waals surface area contributed by atoms with E-state index in [2.05, 4.69) is 5.32 Å². The standard InChI is InChI=1S/C12H22N2O5S2/c1-2-3-4-5-10(15)14-9(12(18)19)7-21-20-6-8(13)11(16)17/h8-9H,2-7,13H2,1H3,(H,14,15)(H,16,17)(H,18,19)/t8-,9+/m1/s1. The molecule has 0 saturated heterocycles. The Morgan fingerprint density at radius 2 is 1.71 bits per heavy atom. The van der Waals surface area contributed by atoms with E-state index in [0.29, 0.717) is 6.42 Å². The highest BCUT2D eigenvalue weighted by atomic mass is 33.1. The number of nitrogens with one attached hydrogen (secondary N) is 1. The largest absolute Gasteiger partial charge is 0.480 e. The molecule has 0 unspecified atom stereocenters. The third-order valence-corrected chi connectivity index (χ3v) is 4.97. The van der Waals surface area contributed by atoms with Gasteiger partial charge in [0, 0.05) is 17.9 Å². The first-order valence-electron chi connectivity index (χ1n) is 6.63. The maximum Gasteiger partial charge on any atom is 0.327 e. The van der Waals surface area contributed by atoms with E-state index in [-0.39, 0.29) is 17.4 Å². The predicted octanol–water partition coefficient (Wildman–Crippen LogP) is 0.929. The normalized spacial score (nSPS) is 13.4. The van der Waals surface area contributed by atoms with E-state index in [1.807, 2.05) is 6.92 Å². The third kappa shape index (κ3) is 10.4. The molecule has 0 saturated carbocycles. The third-order valence-electron chi connectivity index (χ3n) is 2.52. The number of carboxylic acids is 2. The minimum Gasteiger partial charge on any atom is -0.480 e. The maximum absolute atomic E-state index is 11.6. The minimum absolute atomic E-state index is 0.159. The summed E-state index contributed by atoms with van der Waals surface area (Å²) < 4.78 is 0. The van der Waals surface area contributed by atoms with Crippen LogP contribution in [0.25, 0.3) is 0 Å². The Morgan fingerprint density at radius 1 is 1.10 bits per heavy atom. The van der Waals surface area contributed by atoms with Crippen molar-refractivity contribution in [3.63, 3.8) is 0 Å². The van der Waals surface area contributed by atoms with Gasteiger partial charge in [0.1, 0.15) is 12.1 Å². The van der Waals surface area contributed by atoms with E-state index in [0.717, 1.165) is 19.3 Å². The van der Waals surface area contributed by atoms with Gasteiger partial charge in [-0.1, -0.05) is 41.4 Å². The van der Waals surface area contributed by atoms with Crippen molar-refractivity contribution < 1.29 is 24.6 Å². The van der Waals surface area contributed by atoms with Crippen LogP contribution in [0.1, 0.15) is 32.6 Å². The second-order valence-electron chi connectivity index (χ2n) is 4.43. The van der Waals surface area contributed by atoms with Gasteiger partial charge in [-0.2, -0.15) is 0 Å². The number of carbonyl (C=O) groups is 3. The summed E-state index contributed by atoms with van der Waals surface area (Å²) in [6, 6.07) is -1.95. The summed E-state index contributed by atoms with van der Waals surface area (Å²) in [5.41, 5.74) is 5.32. The quantitative estimate of drug-likeness (QED) is 0.305. The fourth-order valence-electron chi connectivity index (χ4n) is 1.29. The molecule has 2 atom stereocenters. The number of rotatable bonds is 12. The number of amides is 1. The molecule has 0 rings (SSSR count). The highest BCUT2D eigenvalue weighted by Crippen LogP contribution is 2.22. The van der Waals surface area contributed by atoms with Gasteiger partial charge in [0.15, 0.2) is 0 Å². The zero-order chi connectivity index (χ0) is 16.3. The molecule has 0 aliphatic carbocycles. The molecular weight excluding hydrogens is 316 g/mol. The molecule has 0 aliphatic heterocycles. The van der Waals surface area contributed by atoms with Crippen LogP contribution in [0.3, 0.4) is 0 Å². The summed E-state index contributed by atoms with van der Waals surface area (Å²) >= 11 is 0. The first-order valence-corrected chi connectivity index (χ1v) is 9.12. The van der Waals surface area contributed by atoms with Crippen molar-refractivity contribution in [1.29, 1.82) is 0 Å². The van der Waals surface area contributed by atoms with Crippen LogP contribution in [-0.2, 0) is 14.4 Å². The summed E-state index contributed by atoms with van der Waals surface area (Å²) in [6.45, 7) is 2.02. The molecule has 0 radical (unpaired) electrons. The van der Waals surface area contributed by atoms with Crippen molar-refractivity contribution in [2.75, 3.05) is 11.5 Å². The van der Waals surface area contributed by atoms with Crippen molar-refractivity contribution >= 4 is 39.4 Å². The Balaban J connectivity index is 4.00. The number of aliphatic carboxylic acids is 2. The molecule has 0 spiro atoms. The van der Waals surface area contributed by atoms with Crippen molar-refractivity contribution in [2.45, 2.75) is 44.7 Å². The van der Waals surface area contributed by atoms with Gasteiger partial charge >= 0.3 is 11.9 Å². The number of carbonyl (C=O) groups excluding carboxylic acids is 1. The minimum atomic E-state index is -1.10. The molecule has 0 fully saturated rings. The van der Waals surface area contributed by atoms with E-state index in [9.17, 15) is 14.4 Å². The van der Waals surface area contributed by atoms with Gasteiger partial charge in [0.2, 0.25) is 5.91 Å². The van der Waals surface area contributed by atoms with Gasteiger partial charge < -0.3 is 21.3 Å². The van der Waals surface area contributed by atoms with E-state index >= 15 is 0 Å². The number of unbranched alkanes of at least 4 members (excludes halogenated alkanes) is 2. The highest BCUT2D eigenvalue weighted by Gasteiger charge is 2.20. The number of nitrogens with two attached hydrogens (primary N) is 1. The van der Waals surface area contributed by atoms with Crippen LogP contribution in [0.15, 0.2) is 0 Å². The summed E-state index contributed by atoms with van der Waals surface area (Å²) in [7, 11) is 2.36. The van der Waals surface area contributed by atoms with Crippen LogP contribution >= 0.6 is 21.6 Å². The zero-order valence-corrected chi connectivity index (χ0v) is 13.5. The van der Waals surface area contributed by atoms with Crippen molar-refractivity contribution in [3.05, 3.63) is 0 Å². The van der Waals surface area contributed by atoms with E-state index in [1.165, 1.54) is 21.6 Å². The highest BCUT2D eigenvalue weighted by molar-refractivity contribution is 8.76. The first-order chi connectivity index (χ1) is 9.88. The fraction of sp³-hybridized carbons (Fsp3) is 0.750. The van der Waals surface area contributed by atoms with Crippen LogP contribution in [0.2, 0.25) is 0 Å². The van der Waals surface area contributed by atoms with Crippen molar-refractivity contribution in [2.24, 2.45) is 5.73 Å². The van der Waals surface area contributed by atoms with Crippen molar-refractivity contribution in [1.82, 2.24) is 5.32 Å². The fourth-order valence-corrected chi connectivity index (χ4v) is 3.55. The Labute approximate surface area is 131 Å². The second-order valence-corrected chi connectivity index (χ2v) is 6.98. The zero-order valence-electron chi connectivity index (χ0n) is 11.9. The summed E-state index contributed by atoms with van der Waals surface area (Å²) in [4.78, 5) is 33.1. The average molecular weight is 338 g/mol. The molecule has 21 heavy (non-hydrogen) atoms. The van der Waals surface area contributed by atoms with E-state index < -0.39 is 24.0 Å². The van der Waals surface area contributed by atoms with Crippen molar-refractivity contribution in [3.8, 4) is 0 Å². The lowest BCUT2D eigenvalue weighted by Crippen LogP contribution is -2.42. The molecule has 122 valence electrons. The Kier molecular flexibility index (Phi) is 11.2. The Bertz CT molecular complexity index is 355. The average Bonchev–Trinajstić information content (AvgIpc) is 2.41. The summed E-state index contributed by atoms with van der Waals surface area (Å²) in [5.74, 6) is -2.14. The van der Waals surface area contributed by atoms with Gasteiger partial charge in [0.25, 0.3) is 0 Å². The SMILES string of the molecule is CCCCCC(=O)N[C@@H](CSSC[C@@H](N)C(=O)O)C(=O)O. The van der Waals surface area contributed by atoms with Crippen LogP contribution in [0.4, 0.5) is 0 Å². The second kappa shape index (κ2) is 11.7. The van der Waals surface area contributed by atoms with Gasteiger partial charge in [-0.15, -0.1) is 0 Å². The molecule has 7 nitrogen and oxygen atoms in total. The summed E-state index contributed by atoms with van der Waals surface area (Å²) in [5, 5.41) is 20.1. The molecular formula is C12H22N2O5S2. The van der Waals surface area contributed by atoms with Crippen LogP contribution in [0.5, 0.6) is 0 Å². The van der Waals surface area contributed by atoms with Gasteiger partial charge in [-0.05, 0) is 6.42 Å². The molecule has 0 aliphatic rings. The van der Waals surface area contributed by atoms with Crippen LogP contribution < -0.4 is 11.1 Å². The topological polar surface area (TPSA) is 130 Å². The lowest BCUT2D eigenvalue weighted by atomic mass is 10.2. The summed E-state index contributed by atoms with van der Waals surface area (Å²) in [6.07, 6.45) is 2.98. The Morgan fingerprint density at radius 3 is 2.24 bits per heavy atom. The van der Waals surface area contributed by atoms with E-state index in [4.69, 9.17) is 15.9 Å². The molecule has 1 amide bonds. The molecule has 0 aromatic rings.